The summed E-state index contributed by atoms with van der Waals surface area (Å²) in [7, 11) is 0. The van der Waals surface area contributed by atoms with Gasteiger partial charge in [0, 0.05) is 37.4 Å². The highest BCUT2D eigenvalue weighted by Gasteiger charge is 2.29. The van der Waals surface area contributed by atoms with E-state index in [1.807, 2.05) is 0 Å². The van der Waals surface area contributed by atoms with Crippen LogP contribution in [0.4, 0.5) is 0 Å². The minimum Gasteiger partial charge on any atom is -0.503 e. The SMILES string of the molecule is O=C1c2c(O)c(=O)c(-c3nccs3)cn2CCN1CCCC1=CC=CCC1. The van der Waals surface area contributed by atoms with Crippen LogP contribution >= 0.6 is 11.3 Å². The topological polar surface area (TPSA) is 75.4 Å². The second-order valence-corrected chi connectivity index (χ2v) is 7.68. The molecule has 0 saturated heterocycles. The number of amides is 1. The normalized spacial score (nSPS) is 16.4. The van der Waals surface area contributed by atoms with Crippen LogP contribution in [0.15, 0.2) is 46.4 Å². The Bertz CT molecular complexity index is 973. The number of thiazole rings is 1. The summed E-state index contributed by atoms with van der Waals surface area (Å²) in [6.07, 6.45) is 13.7. The molecule has 27 heavy (non-hydrogen) atoms. The lowest BCUT2D eigenvalue weighted by Crippen LogP contribution is -2.42. The number of allylic oxidation sites excluding steroid dienone is 4. The molecule has 0 bridgehead atoms. The average molecular weight is 383 g/mol. The van der Waals surface area contributed by atoms with Gasteiger partial charge in [-0.05, 0) is 25.7 Å². The smallest absolute Gasteiger partial charge is 0.274 e. The lowest BCUT2D eigenvalue weighted by Gasteiger charge is -2.30. The molecule has 0 fully saturated rings. The van der Waals surface area contributed by atoms with Gasteiger partial charge in [-0.2, -0.15) is 0 Å². The molecule has 0 spiro atoms. The molecule has 0 saturated carbocycles. The maximum Gasteiger partial charge on any atom is 0.274 e. The molecule has 1 amide bonds. The summed E-state index contributed by atoms with van der Waals surface area (Å²) in [5, 5.41) is 12.7. The van der Waals surface area contributed by atoms with Crippen LogP contribution in [0.2, 0.25) is 0 Å². The van der Waals surface area contributed by atoms with Crippen LogP contribution in [-0.2, 0) is 6.54 Å². The summed E-state index contributed by atoms with van der Waals surface area (Å²) in [6, 6.07) is 0. The number of fused-ring (bicyclic) bond motifs is 1. The van der Waals surface area contributed by atoms with Gasteiger partial charge in [-0.3, -0.25) is 9.59 Å². The summed E-state index contributed by atoms with van der Waals surface area (Å²) in [5.41, 5.74) is 1.30. The predicted octanol–water partition coefficient (Wildman–Crippen LogP) is 3.19. The number of rotatable bonds is 5. The first-order chi connectivity index (χ1) is 13.1. The quantitative estimate of drug-likeness (QED) is 0.860. The molecule has 0 radical (unpaired) electrons. The first-order valence-corrected chi connectivity index (χ1v) is 10.0. The van der Waals surface area contributed by atoms with E-state index in [1.165, 1.54) is 16.9 Å². The molecule has 3 heterocycles. The summed E-state index contributed by atoms with van der Waals surface area (Å²) < 4.78 is 1.68. The van der Waals surface area contributed by atoms with Crippen molar-refractivity contribution >= 4 is 17.2 Å². The average Bonchev–Trinajstić information content (AvgIpc) is 3.21. The highest BCUT2D eigenvalue weighted by Crippen LogP contribution is 2.26. The van der Waals surface area contributed by atoms with Crippen molar-refractivity contribution in [3.63, 3.8) is 0 Å². The molecule has 4 rings (SSSR count). The predicted molar refractivity (Wildman–Crippen MR) is 105 cm³/mol. The zero-order valence-corrected chi connectivity index (χ0v) is 15.7. The van der Waals surface area contributed by atoms with Crippen molar-refractivity contribution in [2.45, 2.75) is 32.2 Å². The van der Waals surface area contributed by atoms with E-state index in [9.17, 15) is 14.7 Å². The van der Waals surface area contributed by atoms with Gasteiger partial charge in [-0.15, -0.1) is 11.3 Å². The lowest BCUT2D eigenvalue weighted by molar-refractivity contribution is 0.0695. The van der Waals surface area contributed by atoms with E-state index in [4.69, 9.17) is 0 Å². The number of nitrogens with zero attached hydrogens (tertiary/aromatic N) is 3. The van der Waals surface area contributed by atoms with Crippen molar-refractivity contribution in [3.05, 3.63) is 57.5 Å². The van der Waals surface area contributed by atoms with E-state index in [2.05, 4.69) is 23.2 Å². The number of aromatic nitrogens is 2. The molecule has 1 aliphatic carbocycles. The van der Waals surface area contributed by atoms with Crippen molar-refractivity contribution in [1.29, 1.82) is 0 Å². The fourth-order valence-corrected chi connectivity index (χ4v) is 4.25. The maximum atomic E-state index is 12.8. The van der Waals surface area contributed by atoms with Gasteiger partial charge in [-0.1, -0.05) is 23.8 Å². The minimum absolute atomic E-state index is 0.0892. The standard InChI is InChI=1S/C20H21N3O3S/c24-17-15(19-21-8-12-27-19)13-23-11-10-22(20(26)16(23)18(17)25)9-4-7-14-5-2-1-3-6-14/h1-2,5,8,12-13,25H,3-4,6-7,9-11H2. The van der Waals surface area contributed by atoms with E-state index < -0.39 is 11.2 Å². The van der Waals surface area contributed by atoms with Crippen LogP contribution in [0, 0.1) is 0 Å². The van der Waals surface area contributed by atoms with Gasteiger partial charge in [0.05, 0.1) is 5.56 Å². The third-order valence-electron chi connectivity index (χ3n) is 5.05. The van der Waals surface area contributed by atoms with Gasteiger partial charge in [0.25, 0.3) is 5.91 Å². The Labute approximate surface area is 161 Å². The van der Waals surface area contributed by atoms with Gasteiger partial charge in [0.2, 0.25) is 5.43 Å². The second-order valence-electron chi connectivity index (χ2n) is 6.79. The lowest BCUT2D eigenvalue weighted by atomic mass is 10.0. The molecule has 140 valence electrons. The molecule has 2 aromatic rings. The van der Waals surface area contributed by atoms with Crippen molar-refractivity contribution in [3.8, 4) is 16.3 Å². The van der Waals surface area contributed by atoms with E-state index in [0.717, 1.165) is 25.7 Å². The van der Waals surface area contributed by atoms with Crippen LogP contribution in [0.5, 0.6) is 5.75 Å². The summed E-state index contributed by atoms with van der Waals surface area (Å²) in [5.74, 6) is -0.753. The second kappa shape index (κ2) is 7.52. The zero-order chi connectivity index (χ0) is 18.8. The van der Waals surface area contributed by atoms with E-state index in [-0.39, 0.29) is 11.6 Å². The molecule has 0 aromatic carbocycles. The van der Waals surface area contributed by atoms with Crippen molar-refractivity contribution in [1.82, 2.24) is 14.5 Å². The fourth-order valence-electron chi connectivity index (χ4n) is 3.61. The summed E-state index contributed by atoms with van der Waals surface area (Å²) >= 11 is 1.33. The number of hydrogen-bond donors (Lipinski definition) is 1. The minimum atomic E-state index is -0.537. The molecular weight excluding hydrogens is 362 g/mol. The number of pyridine rings is 1. The Morgan fingerprint density at radius 2 is 2.15 bits per heavy atom. The highest BCUT2D eigenvalue weighted by atomic mass is 32.1. The Morgan fingerprint density at radius 1 is 1.26 bits per heavy atom. The van der Waals surface area contributed by atoms with E-state index in [0.29, 0.717) is 30.2 Å². The largest absolute Gasteiger partial charge is 0.503 e. The van der Waals surface area contributed by atoms with Gasteiger partial charge in [0.1, 0.15) is 5.01 Å². The molecule has 1 aliphatic heterocycles. The fraction of sp³-hybridized carbons (Fsp3) is 0.350. The van der Waals surface area contributed by atoms with Gasteiger partial charge < -0.3 is 14.6 Å². The van der Waals surface area contributed by atoms with E-state index in [1.54, 1.807) is 27.2 Å². The third kappa shape index (κ3) is 3.47. The molecule has 7 heteroatoms. The highest BCUT2D eigenvalue weighted by molar-refractivity contribution is 7.13. The third-order valence-corrected chi connectivity index (χ3v) is 5.85. The van der Waals surface area contributed by atoms with Crippen LogP contribution in [0.25, 0.3) is 10.6 Å². The number of carbonyl (C=O) groups excluding carboxylic acids is 1. The van der Waals surface area contributed by atoms with Gasteiger partial charge in [-0.25, -0.2) is 4.98 Å². The van der Waals surface area contributed by atoms with Crippen LogP contribution in [-0.4, -0.2) is 38.6 Å². The molecular formula is C20H21N3O3S. The monoisotopic (exact) mass is 383 g/mol. The Morgan fingerprint density at radius 3 is 2.89 bits per heavy atom. The first kappa shape index (κ1) is 17.7. The molecule has 1 N–H and O–H groups in total. The Balaban J connectivity index is 1.52. The number of hydrogen-bond acceptors (Lipinski definition) is 5. The van der Waals surface area contributed by atoms with Crippen molar-refractivity contribution < 1.29 is 9.90 Å². The molecule has 2 aliphatic rings. The van der Waals surface area contributed by atoms with Crippen molar-refractivity contribution in [2.24, 2.45) is 0 Å². The number of aromatic hydroxyl groups is 1. The van der Waals surface area contributed by atoms with Crippen molar-refractivity contribution in [2.75, 3.05) is 13.1 Å². The van der Waals surface area contributed by atoms with Gasteiger partial charge >= 0.3 is 0 Å². The van der Waals surface area contributed by atoms with Crippen LogP contribution in [0.1, 0.15) is 36.2 Å². The van der Waals surface area contributed by atoms with Crippen LogP contribution in [0.3, 0.4) is 0 Å². The molecule has 0 unspecified atom stereocenters. The molecule has 0 atom stereocenters. The summed E-state index contributed by atoms with van der Waals surface area (Å²) in [4.78, 5) is 31.2. The zero-order valence-electron chi connectivity index (χ0n) is 14.9. The van der Waals surface area contributed by atoms with Crippen LogP contribution < -0.4 is 5.43 Å². The molecule has 2 aromatic heterocycles. The molecule has 6 nitrogen and oxygen atoms in total. The maximum absolute atomic E-state index is 12.8. The van der Waals surface area contributed by atoms with Gasteiger partial charge in [0.15, 0.2) is 11.4 Å². The Kier molecular flexibility index (Phi) is 4.94. The Hall–Kier alpha value is -2.67. The van der Waals surface area contributed by atoms with E-state index >= 15 is 0 Å². The summed E-state index contributed by atoms with van der Waals surface area (Å²) in [6.45, 7) is 1.75. The number of carbonyl (C=O) groups is 1. The first-order valence-electron chi connectivity index (χ1n) is 9.15.